The molecule has 0 spiro atoms. The van der Waals surface area contributed by atoms with Gasteiger partial charge in [0.15, 0.2) is 57.2 Å². The molecule has 2 saturated heterocycles. The largest absolute Gasteiger partial charge is 0.390 e. The fraction of sp³-hybridized carbons (Fsp3) is 0.760. The van der Waals surface area contributed by atoms with E-state index in [4.69, 9.17) is 23.7 Å². The smallest absolute Gasteiger partial charge is 0.193 e. The predicted octanol–water partition coefficient (Wildman–Crippen LogP) is 6.13. The molecule has 8 aliphatic carbocycles. The Bertz CT molecular complexity index is 2160. The van der Waals surface area contributed by atoms with Gasteiger partial charge in [-0.2, -0.15) is 0 Å². The lowest BCUT2D eigenvalue weighted by molar-refractivity contribution is -0.246. The first kappa shape index (κ1) is 47.7. The molecule has 16 atom stereocenters. The highest BCUT2D eigenvalue weighted by Gasteiger charge is 2.82. The third-order valence-electron chi connectivity index (χ3n) is 18.5. The lowest BCUT2D eigenvalue weighted by atomic mass is 9.44. The van der Waals surface area contributed by atoms with Crippen LogP contribution in [0.5, 0.6) is 0 Å². The van der Waals surface area contributed by atoms with E-state index in [1.54, 1.807) is 53.7 Å². The first-order valence-corrected chi connectivity index (χ1v) is 22.8. The Balaban J connectivity index is 0.000000172. The molecular formula is C50H68F2O12. The van der Waals surface area contributed by atoms with E-state index in [9.17, 15) is 34.5 Å². The zero-order valence-electron chi connectivity index (χ0n) is 37.9. The molecule has 0 aromatic heterocycles. The zero-order valence-corrected chi connectivity index (χ0v) is 37.9. The Labute approximate surface area is 375 Å². The number of aliphatic hydroxyl groups is 3. The van der Waals surface area contributed by atoms with Gasteiger partial charge in [-0.05, 0) is 129 Å². The molecule has 8 fully saturated rings. The average molecular weight is 899 g/mol. The Hall–Kier alpha value is -2.82. The molecule has 0 amide bonds. The number of hydrogen-bond acceptors (Lipinski definition) is 12. The van der Waals surface area contributed by atoms with Crippen LogP contribution in [0.15, 0.2) is 47.6 Å². The van der Waals surface area contributed by atoms with E-state index in [0.29, 0.717) is 38.5 Å². The van der Waals surface area contributed by atoms with E-state index in [-0.39, 0.29) is 56.1 Å². The van der Waals surface area contributed by atoms with Crippen LogP contribution in [-0.4, -0.2) is 117 Å². The summed E-state index contributed by atoms with van der Waals surface area (Å²) in [5, 5.41) is 32.6. The first-order chi connectivity index (χ1) is 29.2. The van der Waals surface area contributed by atoms with Gasteiger partial charge in [0.2, 0.25) is 0 Å². The van der Waals surface area contributed by atoms with Gasteiger partial charge in [-0.1, -0.05) is 44.6 Å². The summed E-state index contributed by atoms with van der Waals surface area (Å²) in [6, 6.07) is 0. The van der Waals surface area contributed by atoms with Gasteiger partial charge in [0.1, 0.15) is 13.2 Å². The molecule has 10 aliphatic rings. The maximum atomic E-state index is 17.2. The van der Waals surface area contributed by atoms with Crippen LogP contribution < -0.4 is 0 Å². The number of methoxy groups -OCH3 is 1. The Kier molecular flexibility index (Phi) is 10.9. The number of carbonyl (C=O) groups excluding carboxylic acids is 4. The van der Waals surface area contributed by atoms with Gasteiger partial charge in [0.25, 0.3) is 0 Å². The van der Waals surface area contributed by atoms with Crippen LogP contribution >= 0.6 is 0 Å². The first-order valence-electron chi connectivity index (χ1n) is 22.8. The SMILES string of the molecule is C.CC1(C)O[C@@H]2C[C@H]3[C@@H]4CCC5=CC(=O)C=C[C@]5(C)[C@@]4(F)[C@@H](O)C[C@]3(C)[C@]2(C(=O)CO)O1.COCC(=O)[C@@]12OC(C)(C)O[C@@H]1C[C@H]1[C@@H]3CCC4=CC(=O)C=C[C@]4(C)[C@@]3(F)[C@@H](O)C[C@@]12C. The standard InChI is InChI=1S/C25H33FO6.C24H31FO6.CH4/c1-21(2)31-20-11-17-16-7-6-14-10-15(27)8-9-22(14,3)24(16,26)18(28)12-23(17,4)25(20,32-21)19(29)13-30-5;1-20(2)30-19-10-16-15-6-5-13-9-14(27)7-8-21(13,3)23(15,25)17(28)11-22(16,4)24(19,31-20)18(29)12-26;/h8-10,16-18,20,28H,6-7,11-13H2,1-5H3;7-9,15-17,19,26,28H,5-6,10-12H2,1-4H3;1H4/t16-,17-,18-,20+,22-,23-,24-,25+;15-,16-,17-,19+,21-,22-,23-,24+;/m00./s1. The number of hydrogen-bond donors (Lipinski definition) is 3. The summed E-state index contributed by atoms with van der Waals surface area (Å²) in [4.78, 5) is 50.6. The maximum absolute atomic E-state index is 17.2. The molecule has 0 bridgehead atoms. The number of aliphatic hydroxyl groups excluding tert-OH is 3. The molecule has 3 N–H and O–H groups in total. The molecule has 10 rings (SSSR count). The lowest BCUT2D eigenvalue weighted by Crippen LogP contribution is -2.70. The number of fused-ring (bicyclic) bond motifs is 14. The molecular weight excluding hydrogens is 831 g/mol. The molecule has 354 valence electrons. The number of halogens is 2. The van der Waals surface area contributed by atoms with Crippen molar-refractivity contribution in [3.8, 4) is 0 Å². The highest BCUT2D eigenvalue weighted by molar-refractivity contribution is 6.02. The molecule has 2 aliphatic heterocycles. The molecule has 0 unspecified atom stereocenters. The van der Waals surface area contributed by atoms with Crippen molar-refractivity contribution in [3.63, 3.8) is 0 Å². The van der Waals surface area contributed by atoms with Crippen LogP contribution in [0.2, 0.25) is 0 Å². The monoisotopic (exact) mass is 898 g/mol. The van der Waals surface area contributed by atoms with Gasteiger partial charge in [-0.15, -0.1) is 0 Å². The number of ketones is 4. The highest BCUT2D eigenvalue weighted by atomic mass is 19.1. The van der Waals surface area contributed by atoms with Crippen LogP contribution in [0.1, 0.15) is 114 Å². The van der Waals surface area contributed by atoms with Crippen molar-refractivity contribution in [1.29, 1.82) is 0 Å². The lowest BCUT2D eigenvalue weighted by Gasteiger charge is -2.62. The molecule has 12 nitrogen and oxygen atoms in total. The minimum Gasteiger partial charge on any atom is -0.390 e. The van der Waals surface area contributed by atoms with E-state index in [0.717, 1.165) is 11.1 Å². The summed E-state index contributed by atoms with van der Waals surface area (Å²) >= 11 is 0. The van der Waals surface area contributed by atoms with Crippen molar-refractivity contribution in [3.05, 3.63) is 47.6 Å². The topological polar surface area (TPSA) is 175 Å². The fourth-order valence-corrected chi connectivity index (χ4v) is 16.0. The quantitative estimate of drug-likeness (QED) is 0.289. The number of Topliss-reactive ketones (excluding diaryl/α,β-unsaturated/α-hetero) is 2. The van der Waals surface area contributed by atoms with Crippen LogP contribution in [0, 0.1) is 45.3 Å². The molecule has 0 aromatic rings. The van der Waals surface area contributed by atoms with Crippen molar-refractivity contribution in [1.82, 2.24) is 0 Å². The van der Waals surface area contributed by atoms with E-state index >= 15 is 8.78 Å². The Morgan fingerprint density at radius 3 is 1.45 bits per heavy atom. The van der Waals surface area contributed by atoms with Crippen molar-refractivity contribution in [2.24, 2.45) is 45.3 Å². The maximum Gasteiger partial charge on any atom is 0.193 e. The van der Waals surface area contributed by atoms with Crippen LogP contribution in [0.4, 0.5) is 8.78 Å². The Morgan fingerprint density at radius 1 is 0.688 bits per heavy atom. The average Bonchev–Trinajstić information content (AvgIpc) is 3.81. The molecule has 6 saturated carbocycles. The minimum absolute atomic E-state index is 0. The second kappa shape index (κ2) is 14.6. The molecule has 0 aromatic carbocycles. The summed E-state index contributed by atoms with van der Waals surface area (Å²) in [7, 11) is 1.47. The summed E-state index contributed by atoms with van der Waals surface area (Å²) in [6.45, 7) is 13.6. The van der Waals surface area contributed by atoms with Gasteiger partial charge >= 0.3 is 0 Å². The van der Waals surface area contributed by atoms with Gasteiger partial charge in [0, 0.05) is 40.6 Å². The molecule has 64 heavy (non-hydrogen) atoms. The van der Waals surface area contributed by atoms with E-state index in [2.05, 4.69) is 0 Å². The fourth-order valence-electron chi connectivity index (χ4n) is 16.0. The van der Waals surface area contributed by atoms with Crippen molar-refractivity contribution < 1.29 is 67.0 Å². The number of rotatable bonds is 5. The normalized spacial score (nSPS) is 50.7. The van der Waals surface area contributed by atoms with Gasteiger partial charge in [0.05, 0.1) is 24.4 Å². The predicted molar refractivity (Wildman–Crippen MR) is 229 cm³/mol. The van der Waals surface area contributed by atoms with Crippen LogP contribution in [-0.2, 0) is 42.9 Å². The second-order valence-electron chi connectivity index (χ2n) is 22.1. The van der Waals surface area contributed by atoms with Crippen LogP contribution in [0.3, 0.4) is 0 Å². The molecule has 2 heterocycles. The van der Waals surface area contributed by atoms with E-state index in [1.165, 1.54) is 31.4 Å². The summed E-state index contributed by atoms with van der Waals surface area (Å²) in [6.07, 6.45) is 8.36. The van der Waals surface area contributed by atoms with Crippen molar-refractivity contribution in [2.75, 3.05) is 20.3 Å². The van der Waals surface area contributed by atoms with Crippen LogP contribution in [0.25, 0.3) is 0 Å². The second-order valence-corrected chi connectivity index (χ2v) is 22.1. The number of ether oxygens (including phenoxy) is 5. The van der Waals surface area contributed by atoms with Gasteiger partial charge in [-0.25, -0.2) is 8.78 Å². The van der Waals surface area contributed by atoms with E-state index < -0.39 is 104 Å². The molecule has 0 radical (unpaired) electrons. The minimum atomic E-state index is -1.98. The third-order valence-corrected chi connectivity index (χ3v) is 18.5. The molecule has 14 heteroatoms. The summed E-state index contributed by atoms with van der Waals surface area (Å²) in [5.41, 5.74) is -9.04. The van der Waals surface area contributed by atoms with Crippen molar-refractivity contribution in [2.45, 2.75) is 173 Å². The zero-order chi connectivity index (χ0) is 45.9. The van der Waals surface area contributed by atoms with Gasteiger partial charge in [-0.3, -0.25) is 19.2 Å². The van der Waals surface area contributed by atoms with E-state index in [1.807, 2.05) is 13.8 Å². The number of alkyl halides is 2. The van der Waals surface area contributed by atoms with Crippen molar-refractivity contribution >= 4 is 23.1 Å². The summed E-state index contributed by atoms with van der Waals surface area (Å²) < 4.78 is 64.5. The number of carbonyl (C=O) groups is 4. The Morgan fingerprint density at radius 2 is 1.08 bits per heavy atom. The summed E-state index contributed by atoms with van der Waals surface area (Å²) in [5.74, 6) is -4.49. The highest BCUT2D eigenvalue weighted by Crippen LogP contribution is 2.74. The number of allylic oxidation sites excluding steroid dienone is 8. The third kappa shape index (κ3) is 5.66. The van der Waals surface area contributed by atoms with Gasteiger partial charge < -0.3 is 39.0 Å².